The molecular weight excluding hydrogens is 366 g/mol. The fourth-order valence-electron chi connectivity index (χ4n) is 3.72. The lowest BCUT2D eigenvalue weighted by Crippen LogP contribution is -2.36. The summed E-state index contributed by atoms with van der Waals surface area (Å²) in [5, 5.41) is 5.99. The Morgan fingerprint density at radius 1 is 1.10 bits per heavy atom. The van der Waals surface area contributed by atoms with Gasteiger partial charge in [0.25, 0.3) is 5.91 Å². The first kappa shape index (κ1) is 21.3. The monoisotopic (exact) mass is 399 g/mol. The van der Waals surface area contributed by atoms with Crippen molar-refractivity contribution in [2.45, 2.75) is 64.8 Å². The number of carbonyl (C=O) groups excluding carboxylic acids is 3. The molecule has 3 amide bonds. The first-order valence-corrected chi connectivity index (χ1v) is 10.9. The molecule has 6 nitrogen and oxygen atoms in total. The van der Waals surface area contributed by atoms with Crippen LogP contribution < -0.4 is 10.6 Å². The minimum absolute atomic E-state index is 0.00787. The molecule has 1 atom stereocenters. The molecule has 29 heavy (non-hydrogen) atoms. The van der Waals surface area contributed by atoms with Crippen LogP contribution in [0.15, 0.2) is 24.3 Å². The molecule has 1 heterocycles. The molecule has 0 spiro atoms. The van der Waals surface area contributed by atoms with Crippen LogP contribution in [-0.4, -0.2) is 41.8 Å². The van der Waals surface area contributed by atoms with E-state index in [2.05, 4.69) is 24.5 Å². The van der Waals surface area contributed by atoms with Crippen LogP contribution in [0, 0.1) is 11.8 Å². The quantitative estimate of drug-likeness (QED) is 0.736. The Morgan fingerprint density at radius 2 is 1.83 bits per heavy atom. The highest BCUT2D eigenvalue weighted by atomic mass is 16.2. The fourth-order valence-corrected chi connectivity index (χ4v) is 3.72. The van der Waals surface area contributed by atoms with Crippen LogP contribution in [-0.2, 0) is 9.59 Å². The largest absolute Gasteiger partial charge is 0.349 e. The summed E-state index contributed by atoms with van der Waals surface area (Å²) in [5.41, 5.74) is 1.29. The zero-order valence-corrected chi connectivity index (χ0v) is 17.6. The van der Waals surface area contributed by atoms with E-state index < -0.39 is 0 Å². The van der Waals surface area contributed by atoms with E-state index in [1.165, 1.54) is 0 Å². The Kier molecular flexibility index (Phi) is 7.29. The minimum atomic E-state index is -0.130. The molecule has 1 aromatic rings. The number of hydrogen-bond acceptors (Lipinski definition) is 3. The first-order valence-electron chi connectivity index (χ1n) is 10.9. The van der Waals surface area contributed by atoms with Crippen LogP contribution in [0.5, 0.6) is 0 Å². The molecule has 1 aliphatic heterocycles. The van der Waals surface area contributed by atoms with E-state index >= 15 is 0 Å². The van der Waals surface area contributed by atoms with E-state index in [1.807, 2.05) is 4.90 Å². The van der Waals surface area contributed by atoms with Gasteiger partial charge in [0.05, 0.1) is 0 Å². The summed E-state index contributed by atoms with van der Waals surface area (Å²) in [6.07, 6.45) is 6.00. The average molecular weight is 400 g/mol. The van der Waals surface area contributed by atoms with Gasteiger partial charge in [-0.05, 0) is 62.3 Å². The number of benzene rings is 1. The number of hydrogen-bond donors (Lipinski definition) is 2. The van der Waals surface area contributed by atoms with Gasteiger partial charge in [-0.3, -0.25) is 14.4 Å². The highest BCUT2D eigenvalue weighted by molar-refractivity contribution is 5.96. The lowest BCUT2D eigenvalue weighted by Gasteiger charge is -2.24. The van der Waals surface area contributed by atoms with Crippen LogP contribution in [0.4, 0.5) is 5.69 Å². The van der Waals surface area contributed by atoms with Gasteiger partial charge in [-0.15, -0.1) is 0 Å². The second-order valence-corrected chi connectivity index (χ2v) is 8.76. The predicted octanol–water partition coefficient (Wildman–Crippen LogP) is 3.58. The second kappa shape index (κ2) is 9.90. The molecule has 3 rings (SSSR count). The van der Waals surface area contributed by atoms with E-state index in [0.29, 0.717) is 30.9 Å². The molecule has 2 fully saturated rings. The molecule has 2 aliphatic rings. The smallest absolute Gasteiger partial charge is 0.251 e. The number of amides is 3. The Hall–Kier alpha value is -2.37. The number of anilines is 1. The lowest BCUT2D eigenvalue weighted by molar-refractivity contribution is -0.130. The SMILES string of the molecule is CC(C)CCN1CCC(NC(=O)c2ccc(NC(=O)C3CCC3)cc2)CCC1=O. The van der Waals surface area contributed by atoms with Crippen LogP contribution in [0.3, 0.4) is 0 Å². The van der Waals surface area contributed by atoms with E-state index in [9.17, 15) is 14.4 Å². The van der Waals surface area contributed by atoms with E-state index in [4.69, 9.17) is 0 Å². The van der Waals surface area contributed by atoms with Crippen molar-refractivity contribution in [1.82, 2.24) is 10.2 Å². The number of likely N-dealkylation sites (tertiary alicyclic amines) is 1. The Bertz CT molecular complexity index is 725. The van der Waals surface area contributed by atoms with Crippen LogP contribution in [0.2, 0.25) is 0 Å². The van der Waals surface area contributed by atoms with Crippen molar-refractivity contribution in [3.8, 4) is 0 Å². The minimum Gasteiger partial charge on any atom is -0.349 e. The number of rotatable bonds is 7. The number of nitrogens with one attached hydrogen (secondary N) is 2. The zero-order chi connectivity index (χ0) is 20.8. The van der Waals surface area contributed by atoms with Crippen molar-refractivity contribution in [2.75, 3.05) is 18.4 Å². The standard InChI is InChI=1S/C23H33N3O3/c1-16(2)12-14-26-15-13-20(10-11-21(26)27)25-23(29)18-6-8-19(9-7-18)24-22(28)17-4-3-5-17/h6-9,16-17,20H,3-5,10-15H2,1-2H3,(H,24,28)(H,25,29). The summed E-state index contributed by atoms with van der Waals surface area (Å²) in [7, 11) is 0. The van der Waals surface area contributed by atoms with E-state index in [1.54, 1.807) is 24.3 Å². The molecule has 0 bridgehead atoms. The van der Waals surface area contributed by atoms with Crippen molar-refractivity contribution in [2.24, 2.45) is 11.8 Å². The van der Waals surface area contributed by atoms with Gasteiger partial charge >= 0.3 is 0 Å². The molecule has 1 unspecified atom stereocenters. The van der Waals surface area contributed by atoms with Crippen molar-refractivity contribution < 1.29 is 14.4 Å². The summed E-state index contributed by atoms with van der Waals surface area (Å²) in [4.78, 5) is 38.9. The predicted molar refractivity (Wildman–Crippen MR) is 114 cm³/mol. The van der Waals surface area contributed by atoms with Gasteiger partial charge in [-0.25, -0.2) is 0 Å². The maximum Gasteiger partial charge on any atom is 0.251 e. The van der Waals surface area contributed by atoms with Crippen LogP contribution >= 0.6 is 0 Å². The van der Waals surface area contributed by atoms with Gasteiger partial charge in [0.15, 0.2) is 0 Å². The van der Waals surface area contributed by atoms with Crippen molar-refractivity contribution >= 4 is 23.4 Å². The molecule has 0 aromatic heterocycles. The van der Waals surface area contributed by atoms with Gasteiger partial charge in [0.2, 0.25) is 11.8 Å². The summed E-state index contributed by atoms with van der Waals surface area (Å²) in [5.74, 6) is 0.835. The highest BCUT2D eigenvalue weighted by Crippen LogP contribution is 2.27. The van der Waals surface area contributed by atoms with E-state index in [0.717, 1.165) is 44.3 Å². The lowest BCUT2D eigenvalue weighted by atomic mass is 9.85. The highest BCUT2D eigenvalue weighted by Gasteiger charge is 2.26. The molecular formula is C23H33N3O3. The second-order valence-electron chi connectivity index (χ2n) is 8.76. The third-order valence-electron chi connectivity index (χ3n) is 6.01. The molecule has 1 saturated heterocycles. The molecule has 1 aromatic carbocycles. The summed E-state index contributed by atoms with van der Waals surface area (Å²) in [6.45, 7) is 5.82. The maximum atomic E-state index is 12.6. The number of nitrogens with zero attached hydrogens (tertiary/aromatic N) is 1. The molecule has 0 radical (unpaired) electrons. The van der Waals surface area contributed by atoms with Gasteiger partial charge in [0.1, 0.15) is 0 Å². The first-order chi connectivity index (χ1) is 13.9. The Morgan fingerprint density at radius 3 is 2.45 bits per heavy atom. The average Bonchev–Trinajstić information content (AvgIpc) is 2.81. The Labute approximate surface area is 173 Å². The van der Waals surface area contributed by atoms with Crippen molar-refractivity contribution in [3.05, 3.63) is 29.8 Å². The van der Waals surface area contributed by atoms with Crippen molar-refractivity contribution in [1.29, 1.82) is 0 Å². The fraction of sp³-hybridized carbons (Fsp3) is 0.609. The molecule has 1 aliphatic carbocycles. The normalized spacial score (nSPS) is 20.2. The van der Waals surface area contributed by atoms with Crippen LogP contribution in [0.1, 0.15) is 69.2 Å². The van der Waals surface area contributed by atoms with Gasteiger partial charge < -0.3 is 15.5 Å². The summed E-state index contributed by atoms with van der Waals surface area (Å²) in [6, 6.07) is 7.03. The summed E-state index contributed by atoms with van der Waals surface area (Å²) < 4.78 is 0. The summed E-state index contributed by atoms with van der Waals surface area (Å²) >= 11 is 0. The molecule has 2 N–H and O–H groups in total. The third kappa shape index (κ3) is 6.05. The molecule has 6 heteroatoms. The third-order valence-corrected chi connectivity index (χ3v) is 6.01. The van der Waals surface area contributed by atoms with E-state index in [-0.39, 0.29) is 29.7 Å². The van der Waals surface area contributed by atoms with Crippen molar-refractivity contribution in [3.63, 3.8) is 0 Å². The molecule has 158 valence electrons. The van der Waals surface area contributed by atoms with Gasteiger partial charge in [-0.1, -0.05) is 20.3 Å². The van der Waals surface area contributed by atoms with Gasteiger partial charge in [-0.2, -0.15) is 0 Å². The van der Waals surface area contributed by atoms with Crippen LogP contribution in [0.25, 0.3) is 0 Å². The zero-order valence-electron chi connectivity index (χ0n) is 17.6. The molecule has 1 saturated carbocycles. The Balaban J connectivity index is 1.49. The maximum absolute atomic E-state index is 12.6. The topological polar surface area (TPSA) is 78.5 Å². The van der Waals surface area contributed by atoms with Gasteiger partial charge in [0, 0.05) is 42.7 Å². The number of carbonyl (C=O) groups is 3.